The minimum atomic E-state index is -4.89. The van der Waals surface area contributed by atoms with Crippen LogP contribution >= 0.6 is 0 Å². The van der Waals surface area contributed by atoms with Crippen molar-refractivity contribution >= 4 is 90.6 Å². The molecule has 2 amide bonds. The van der Waals surface area contributed by atoms with Gasteiger partial charge in [0, 0.05) is 11.4 Å². The Morgan fingerprint density at radius 3 is 1.13 bits per heavy atom. The van der Waals surface area contributed by atoms with Crippen molar-refractivity contribution in [2.75, 3.05) is 20.1 Å². The Hall–Kier alpha value is -5.97. The topological polar surface area (TPSA) is 283 Å². The first-order chi connectivity index (χ1) is 25.2. The second-order valence-electron chi connectivity index (χ2n) is 11.5. The third-order valence-electron chi connectivity index (χ3n) is 7.73. The normalized spacial score (nSPS) is 12.3. The first kappa shape index (κ1) is 37.8. The third-order valence-corrected chi connectivity index (χ3v) is 12.3. The molecule has 54 heavy (non-hydrogen) atoms. The van der Waals surface area contributed by atoms with E-state index < -0.39 is 67.5 Å². The number of carbonyl (C=O) groups is 1. The molecule has 0 aliphatic carbocycles. The van der Waals surface area contributed by atoms with Crippen LogP contribution < -0.4 is 20.1 Å². The zero-order valence-electron chi connectivity index (χ0n) is 27.0. The Morgan fingerprint density at radius 1 is 0.444 bits per heavy atom. The average molecular weight is 815 g/mol. The summed E-state index contributed by atoms with van der Waals surface area (Å²) in [6.07, 6.45) is 0. The Kier molecular flexibility index (Phi) is 9.64. The first-order valence-corrected chi connectivity index (χ1v) is 20.8. The van der Waals surface area contributed by atoms with E-state index >= 15 is 0 Å². The number of amides is 2. The monoisotopic (exact) mass is 814 g/mol. The maximum Gasteiger partial charge on any atom is 0.323 e. The Morgan fingerprint density at radius 2 is 0.796 bits per heavy atom. The summed E-state index contributed by atoms with van der Waals surface area (Å²) in [4.78, 5) is 10.5. The van der Waals surface area contributed by atoms with Crippen molar-refractivity contribution < 1.29 is 57.8 Å². The SMILES string of the molecule is O=C(Nc1ccc(S(=O)(=O)Nc2cc3cc(O)ccc3cc2S(=O)(=O)O)cc1)Nc1ccc(S(=O)(=O)Nc2cc3cc(O)ccc3cc2S(=O)(=O)O)cc1. The number of hydrogen-bond acceptors (Lipinski definition) is 11. The molecule has 8 N–H and O–H groups in total. The number of nitrogens with one attached hydrogen (secondary N) is 4. The highest BCUT2D eigenvalue weighted by Gasteiger charge is 2.24. The molecule has 6 aromatic carbocycles. The van der Waals surface area contributed by atoms with Gasteiger partial charge in [0.25, 0.3) is 40.3 Å². The lowest BCUT2D eigenvalue weighted by atomic mass is 10.1. The van der Waals surface area contributed by atoms with E-state index in [1.807, 2.05) is 0 Å². The molecule has 0 bridgehead atoms. The van der Waals surface area contributed by atoms with Crippen LogP contribution in [0.5, 0.6) is 11.5 Å². The van der Waals surface area contributed by atoms with Crippen LogP contribution in [-0.2, 0) is 40.3 Å². The molecule has 0 atom stereocenters. The molecule has 21 heteroatoms. The first-order valence-electron chi connectivity index (χ1n) is 15.0. The highest BCUT2D eigenvalue weighted by molar-refractivity contribution is 7.93. The number of hydrogen-bond donors (Lipinski definition) is 8. The van der Waals surface area contributed by atoms with Crippen LogP contribution in [-0.4, -0.2) is 59.0 Å². The molecule has 6 aromatic rings. The lowest BCUT2D eigenvalue weighted by molar-refractivity contribution is 0.262. The summed E-state index contributed by atoms with van der Waals surface area (Å²) in [5.74, 6) is -0.332. The number of phenols is 2. The lowest BCUT2D eigenvalue weighted by Gasteiger charge is -2.14. The molecule has 0 aromatic heterocycles. The van der Waals surface area contributed by atoms with Gasteiger partial charge in [-0.15, -0.1) is 0 Å². The molecule has 280 valence electrons. The summed E-state index contributed by atoms with van der Waals surface area (Å²) in [5.41, 5.74) is -0.727. The van der Waals surface area contributed by atoms with Crippen molar-refractivity contribution in [3.8, 4) is 11.5 Å². The molecule has 0 fully saturated rings. The fourth-order valence-corrected chi connectivity index (χ4v) is 8.85. The number of rotatable bonds is 10. The minimum absolute atomic E-state index is 0.119. The van der Waals surface area contributed by atoms with Gasteiger partial charge in [0.05, 0.1) is 21.2 Å². The number of urea groups is 1. The van der Waals surface area contributed by atoms with E-state index in [9.17, 15) is 57.8 Å². The van der Waals surface area contributed by atoms with Crippen molar-refractivity contribution in [2.24, 2.45) is 0 Å². The third kappa shape index (κ3) is 8.30. The van der Waals surface area contributed by atoms with Gasteiger partial charge < -0.3 is 20.8 Å². The number of carbonyl (C=O) groups excluding carboxylic acids is 1. The van der Waals surface area contributed by atoms with Crippen molar-refractivity contribution in [3.05, 3.63) is 109 Å². The summed E-state index contributed by atoms with van der Waals surface area (Å²) in [5, 5.41) is 25.6. The zero-order valence-corrected chi connectivity index (χ0v) is 30.3. The number of phenolic OH excluding ortho intramolecular Hbond substituents is 2. The highest BCUT2D eigenvalue weighted by Crippen LogP contribution is 2.33. The molecule has 0 heterocycles. The van der Waals surface area contributed by atoms with Crippen LogP contribution in [0.25, 0.3) is 21.5 Å². The van der Waals surface area contributed by atoms with Gasteiger partial charge in [-0.2, -0.15) is 16.8 Å². The van der Waals surface area contributed by atoms with Crippen LogP contribution in [0, 0.1) is 0 Å². The number of fused-ring (bicyclic) bond motifs is 2. The van der Waals surface area contributed by atoms with Crippen LogP contribution in [0.3, 0.4) is 0 Å². The summed E-state index contributed by atoms with van der Waals surface area (Å²) >= 11 is 0. The summed E-state index contributed by atoms with van der Waals surface area (Å²) in [6, 6.07) is 20.7. The van der Waals surface area contributed by atoms with E-state index in [0.29, 0.717) is 10.8 Å². The van der Waals surface area contributed by atoms with E-state index in [2.05, 4.69) is 20.1 Å². The van der Waals surface area contributed by atoms with Crippen LogP contribution in [0.15, 0.2) is 129 Å². The summed E-state index contributed by atoms with van der Waals surface area (Å²) < 4.78 is 124. The van der Waals surface area contributed by atoms with E-state index in [-0.39, 0.29) is 43.4 Å². The highest BCUT2D eigenvalue weighted by atomic mass is 32.2. The molecular formula is C33H26N4O13S4. The van der Waals surface area contributed by atoms with Crippen molar-refractivity contribution in [1.29, 1.82) is 0 Å². The van der Waals surface area contributed by atoms with Gasteiger partial charge in [0.15, 0.2) is 0 Å². The van der Waals surface area contributed by atoms with Crippen LogP contribution in [0.1, 0.15) is 0 Å². The molecule has 0 saturated carbocycles. The summed E-state index contributed by atoms with van der Waals surface area (Å²) in [7, 11) is -18.7. The van der Waals surface area contributed by atoms with Gasteiger partial charge >= 0.3 is 6.03 Å². The van der Waals surface area contributed by atoms with Crippen LogP contribution in [0.4, 0.5) is 27.5 Å². The molecule has 0 saturated heterocycles. The zero-order chi connectivity index (χ0) is 39.2. The number of anilines is 4. The predicted molar refractivity (Wildman–Crippen MR) is 198 cm³/mol. The van der Waals surface area contributed by atoms with Crippen molar-refractivity contribution in [3.63, 3.8) is 0 Å². The molecule has 0 radical (unpaired) electrons. The fourth-order valence-electron chi connectivity index (χ4n) is 5.25. The quantitative estimate of drug-likeness (QED) is 0.0833. The van der Waals surface area contributed by atoms with Gasteiger partial charge in [0.2, 0.25) is 0 Å². The molecule has 0 spiro atoms. The molecule has 0 aliphatic rings. The van der Waals surface area contributed by atoms with Gasteiger partial charge in [-0.1, -0.05) is 12.1 Å². The molecule has 17 nitrogen and oxygen atoms in total. The maximum absolute atomic E-state index is 13.2. The second kappa shape index (κ2) is 13.8. The van der Waals surface area contributed by atoms with Crippen molar-refractivity contribution in [1.82, 2.24) is 0 Å². The summed E-state index contributed by atoms with van der Waals surface area (Å²) in [6.45, 7) is 0. The number of benzene rings is 6. The minimum Gasteiger partial charge on any atom is -0.508 e. The molecule has 0 aliphatic heterocycles. The molecular weight excluding hydrogens is 789 g/mol. The van der Waals surface area contributed by atoms with Gasteiger partial charge in [-0.3, -0.25) is 18.5 Å². The Bertz CT molecular complexity index is 2740. The van der Waals surface area contributed by atoms with Gasteiger partial charge in [-0.25, -0.2) is 21.6 Å². The number of sulfonamides is 2. The fraction of sp³-hybridized carbons (Fsp3) is 0. The Labute approximate surface area is 307 Å². The van der Waals surface area contributed by atoms with Gasteiger partial charge in [-0.05, 0) is 119 Å². The molecule has 6 rings (SSSR count). The van der Waals surface area contributed by atoms with E-state index in [1.54, 1.807) is 0 Å². The standard InChI is InChI=1S/C33H26N4O13S4/c38-25-7-1-19-17-31(53(45,46)47)29(15-21(19)13-25)36-51(41,42)27-9-3-23(4-10-27)34-33(40)35-24-5-11-28(12-6-24)52(43,44)37-30-16-22-14-26(39)8-2-20(22)18-32(30)54(48,49)50/h1-18,36-39H,(H2,34,35,40)(H,45,46,47)(H,48,49,50). The smallest absolute Gasteiger partial charge is 0.323 e. The van der Waals surface area contributed by atoms with Gasteiger partial charge in [0.1, 0.15) is 21.3 Å². The predicted octanol–water partition coefficient (Wildman–Crippen LogP) is 5.14. The Balaban J connectivity index is 1.13. The van der Waals surface area contributed by atoms with Crippen LogP contribution in [0.2, 0.25) is 0 Å². The van der Waals surface area contributed by atoms with Crippen molar-refractivity contribution in [2.45, 2.75) is 19.6 Å². The second-order valence-corrected chi connectivity index (χ2v) is 17.7. The lowest BCUT2D eigenvalue weighted by Crippen LogP contribution is -2.20. The largest absolute Gasteiger partial charge is 0.508 e. The average Bonchev–Trinajstić information content (AvgIpc) is 3.06. The number of aromatic hydroxyl groups is 2. The van der Waals surface area contributed by atoms with E-state index in [4.69, 9.17) is 0 Å². The molecule has 0 unspecified atom stereocenters. The van der Waals surface area contributed by atoms with E-state index in [0.717, 1.165) is 48.5 Å². The maximum atomic E-state index is 13.2. The van der Waals surface area contributed by atoms with E-state index in [1.165, 1.54) is 60.7 Å².